The zero-order valence-electron chi connectivity index (χ0n) is 15.8. The number of hydrogen-bond acceptors (Lipinski definition) is 5. The number of rotatable bonds is 7. The first-order valence-electron chi connectivity index (χ1n) is 9.83. The van der Waals surface area contributed by atoms with E-state index in [-0.39, 0.29) is 11.9 Å². The van der Waals surface area contributed by atoms with Gasteiger partial charge in [-0.25, -0.2) is 4.98 Å². The molecule has 1 fully saturated rings. The molecule has 0 spiro atoms. The summed E-state index contributed by atoms with van der Waals surface area (Å²) in [4.78, 5) is 19.6. The normalized spacial score (nSPS) is 16.0. The Labute approximate surface area is 169 Å². The highest BCUT2D eigenvalue weighted by Crippen LogP contribution is 2.25. The molecule has 1 aromatic carbocycles. The van der Waals surface area contributed by atoms with E-state index in [1.54, 1.807) is 17.6 Å². The third-order valence-electron chi connectivity index (χ3n) is 5.11. The zero-order chi connectivity index (χ0) is 19.2. The Kier molecular flexibility index (Phi) is 6.19. The monoisotopic (exact) mass is 395 g/mol. The molecule has 0 bridgehead atoms. The van der Waals surface area contributed by atoms with Crippen LogP contribution in [0.3, 0.4) is 0 Å². The van der Waals surface area contributed by atoms with Crippen LogP contribution in [0.1, 0.15) is 36.8 Å². The van der Waals surface area contributed by atoms with Crippen LogP contribution in [0.2, 0.25) is 0 Å². The lowest BCUT2D eigenvalue weighted by molar-refractivity contribution is -0.120. The van der Waals surface area contributed by atoms with Crippen molar-refractivity contribution >= 4 is 17.2 Å². The SMILES string of the molecule is O=C(Cc1csc(-c2ccccc2)n1)NCC(c1ccco1)N1CCCCC1. The Hall–Kier alpha value is -2.44. The number of aromatic nitrogens is 1. The van der Waals surface area contributed by atoms with E-state index in [9.17, 15) is 4.79 Å². The van der Waals surface area contributed by atoms with Crippen molar-refractivity contribution in [3.63, 3.8) is 0 Å². The van der Waals surface area contributed by atoms with E-state index in [1.807, 2.05) is 47.8 Å². The van der Waals surface area contributed by atoms with Crippen molar-refractivity contribution in [2.24, 2.45) is 0 Å². The Morgan fingerprint density at radius 2 is 1.96 bits per heavy atom. The standard InChI is InChI=1S/C22H25N3O2S/c26-21(14-18-16-28-22(24-18)17-8-3-1-4-9-17)23-15-19(20-10-7-13-27-20)25-11-5-2-6-12-25/h1,3-4,7-10,13,16,19H,2,5-6,11-12,14-15H2,(H,23,26). The molecule has 0 radical (unpaired) electrons. The topological polar surface area (TPSA) is 58.4 Å². The lowest BCUT2D eigenvalue weighted by Gasteiger charge is -2.33. The summed E-state index contributed by atoms with van der Waals surface area (Å²) < 4.78 is 5.65. The number of piperidine rings is 1. The molecule has 1 aliphatic heterocycles. The second kappa shape index (κ2) is 9.17. The number of benzene rings is 1. The number of nitrogens with zero attached hydrogens (tertiary/aromatic N) is 2. The third-order valence-corrected chi connectivity index (χ3v) is 6.05. The second-order valence-electron chi connectivity index (χ2n) is 7.12. The Balaban J connectivity index is 1.35. The fraction of sp³-hybridized carbons (Fsp3) is 0.364. The van der Waals surface area contributed by atoms with E-state index in [0.29, 0.717) is 13.0 Å². The molecule has 146 valence electrons. The van der Waals surface area contributed by atoms with E-state index in [0.717, 1.165) is 35.1 Å². The molecule has 3 heterocycles. The van der Waals surface area contributed by atoms with Crippen LogP contribution in [-0.2, 0) is 11.2 Å². The van der Waals surface area contributed by atoms with E-state index >= 15 is 0 Å². The van der Waals surface area contributed by atoms with Crippen LogP contribution in [0.25, 0.3) is 10.6 Å². The number of likely N-dealkylation sites (tertiary alicyclic amines) is 1. The molecule has 1 saturated heterocycles. The van der Waals surface area contributed by atoms with Gasteiger partial charge in [-0.3, -0.25) is 9.69 Å². The average Bonchev–Trinajstić information content (AvgIpc) is 3.42. The molecule has 1 atom stereocenters. The summed E-state index contributed by atoms with van der Waals surface area (Å²) in [5.41, 5.74) is 1.90. The van der Waals surface area contributed by atoms with Gasteiger partial charge in [0.05, 0.1) is 24.4 Å². The lowest BCUT2D eigenvalue weighted by Crippen LogP contribution is -2.40. The van der Waals surface area contributed by atoms with Crippen molar-refractivity contribution in [3.05, 3.63) is 65.6 Å². The maximum absolute atomic E-state index is 12.5. The van der Waals surface area contributed by atoms with E-state index in [2.05, 4.69) is 15.2 Å². The van der Waals surface area contributed by atoms with Crippen LogP contribution in [0.5, 0.6) is 0 Å². The van der Waals surface area contributed by atoms with Crippen molar-refractivity contribution in [1.29, 1.82) is 0 Å². The minimum atomic E-state index is -0.00141. The molecule has 4 rings (SSSR count). The fourth-order valence-electron chi connectivity index (χ4n) is 3.66. The van der Waals surface area contributed by atoms with Gasteiger partial charge in [0.1, 0.15) is 10.8 Å². The first-order chi connectivity index (χ1) is 13.8. The number of thiazole rings is 1. The fourth-order valence-corrected chi connectivity index (χ4v) is 4.49. The van der Waals surface area contributed by atoms with Gasteiger partial charge in [0.2, 0.25) is 5.91 Å². The Morgan fingerprint density at radius 3 is 2.71 bits per heavy atom. The third kappa shape index (κ3) is 4.69. The van der Waals surface area contributed by atoms with E-state index < -0.39 is 0 Å². The van der Waals surface area contributed by atoms with Gasteiger partial charge < -0.3 is 9.73 Å². The molecule has 2 aromatic heterocycles. The number of amides is 1. The largest absolute Gasteiger partial charge is 0.468 e. The van der Waals surface area contributed by atoms with Crippen molar-refractivity contribution in [3.8, 4) is 10.6 Å². The summed E-state index contributed by atoms with van der Waals surface area (Å²) in [6.07, 6.45) is 5.68. The van der Waals surface area contributed by atoms with Gasteiger partial charge in [-0.15, -0.1) is 11.3 Å². The number of furan rings is 1. The predicted molar refractivity (Wildman–Crippen MR) is 111 cm³/mol. The molecule has 6 heteroatoms. The van der Waals surface area contributed by atoms with E-state index in [1.165, 1.54) is 19.3 Å². The van der Waals surface area contributed by atoms with Crippen LogP contribution in [0.4, 0.5) is 0 Å². The second-order valence-corrected chi connectivity index (χ2v) is 7.98. The van der Waals surface area contributed by atoms with Gasteiger partial charge in [0.25, 0.3) is 0 Å². The summed E-state index contributed by atoms with van der Waals surface area (Å²) in [5, 5.41) is 6.01. The smallest absolute Gasteiger partial charge is 0.226 e. The maximum Gasteiger partial charge on any atom is 0.226 e. The highest BCUT2D eigenvalue weighted by molar-refractivity contribution is 7.13. The summed E-state index contributed by atoms with van der Waals surface area (Å²) in [6.45, 7) is 2.66. The minimum Gasteiger partial charge on any atom is -0.468 e. The maximum atomic E-state index is 12.5. The average molecular weight is 396 g/mol. The van der Waals surface area contributed by atoms with Crippen molar-refractivity contribution in [1.82, 2.24) is 15.2 Å². The van der Waals surface area contributed by atoms with Gasteiger partial charge in [-0.1, -0.05) is 36.8 Å². The quantitative estimate of drug-likeness (QED) is 0.648. The molecule has 1 unspecified atom stereocenters. The molecule has 0 saturated carbocycles. The number of hydrogen-bond donors (Lipinski definition) is 1. The molecule has 1 N–H and O–H groups in total. The number of nitrogens with one attached hydrogen (secondary N) is 1. The molecular weight excluding hydrogens is 370 g/mol. The van der Waals surface area contributed by atoms with Gasteiger partial charge in [-0.2, -0.15) is 0 Å². The first kappa shape index (κ1) is 18.9. The first-order valence-corrected chi connectivity index (χ1v) is 10.7. The van der Waals surface area contributed by atoms with Crippen molar-refractivity contribution in [2.75, 3.05) is 19.6 Å². The van der Waals surface area contributed by atoms with E-state index in [4.69, 9.17) is 4.42 Å². The van der Waals surface area contributed by atoms with Crippen LogP contribution >= 0.6 is 11.3 Å². The molecule has 1 aliphatic rings. The molecule has 0 aliphatic carbocycles. The Bertz CT molecular complexity index is 870. The summed E-state index contributed by atoms with van der Waals surface area (Å²) in [6, 6.07) is 14.1. The number of carbonyl (C=O) groups excluding carboxylic acids is 1. The van der Waals surface area contributed by atoms with Crippen LogP contribution < -0.4 is 5.32 Å². The predicted octanol–water partition coefficient (Wildman–Crippen LogP) is 4.29. The van der Waals surface area contributed by atoms with Crippen LogP contribution in [0.15, 0.2) is 58.5 Å². The molecule has 3 aromatic rings. The minimum absolute atomic E-state index is 0.00141. The van der Waals surface area contributed by atoms with Gasteiger partial charge in [0, 0.05) is 17.5 Å². The van der Waals surface area contributed by atoms with Gasteiger partial charge in [0.15, 0.2) is 0 Å². The summed E-state index contributed by atoms with van der Waals surface area (Å²) in [5.74, 6) is 0.917. The highest BCUT2D eigenvalue weighted by Gasteiger charge is 2.25. The summed E-state index contributed by atoms with van der Waals surface area (Å²) in [7, 11) is 0. The van der Waals surface area contributed by atoms with Gasteiger partial charge >= 0.3 is 0 Å². The highest BCUT2D eigenvalue weighted by atomic mass is 32.1. The Morgan fingerprint density at radius 1 is 1.14 bits per heavy atom. The number of carbonyl (C=O) groups is 1. The molecule has 28 heavy (non-hydrogen) atoms. The molecule has 1 amide bonds. The molecular formula is C22H25N3O2S. The van der Waals surface area contributed by atoms with Crippen molar-refractivity contribution in [2.45, 2.75) is 31.7 Å². The van der Waals surface area contributed by atoms with Gasteiger partial charge in [-0.05, 0) is 38.1 Å². The van der Waals surface area contributed by atoms with Crippen LogP contribution in [0, 0.1) is 0 Å². The summed E-state index contributed by atoms with van der Waals surface area (Å²) >= 11 is 1.58. The molecule has 5 nitrogen and oxygen atoms in total. The van der Waals surface area contributed by atoms with Crippen molar-refractivity contribution < 1.29 is 9.21 Å². The lowest BCUT2D eigenvalue weighted by atomic mass is 10.1. The van der Waals surface area contributed by atoms with Crippen LogP contribution in [-0.4, -0.2) is 35.4 Å². The zero-order valence-corrected chi connectivity index (χ0v) is 16.7.